The van der Waals surface area contributed by atoms with Crippen molar-refractivity contribution in [2.24, 2.45) is 0 Å². The van der Waals surface area contributed by atoms with Gasteiger partial charge in [0.1, 0.15) is 11.9 Å². The maximum Gasteiger partial charge on any atom is 0.286 e. The predicted molar refractivity (Wildman–Crippen MR) is 60.7 cm³/mol. The largest absolute Gasteiger partial charge is 0.565 e. The molecule has 2 aromatic heterocycles. The summed E-state index contributed by atoms with van der Waals surface area (Å²) in [4.78, 5) is 8.44. The minimum absolute atomic E-state index is 1.04. The van der Waals surface area contributed by atoms with Crippen LogP contribution in [0.2, 0.25) is 0 Å². The number of rotatable bonds is 2. The zero-order valence-electron chi connectivity index (χ0n) is 9.96. The first-order chi connectivity index (χ1) is 8.10. The molecule has 0 saturated heterocycles. The van der Waals surface area contributed by atoms with E-state index in [1.54, 1.807) is 0 Å². The number of aromatic nitrogens is 2. The smallest absolute Gasteiger partial charge is 0.286 e. The Bertz CT molecular complexity index is 463. The number of hydrogen-bond acceptors (Lipinski definition) is 2. The van der Waals surface area contributed by atoms with Crippen LogP contribution in [0, 0.1) is 0 Å². The number of carboxylic acid groups (broad SMARTS) is 2. The monoisotopic (exact) mass is 236 g/mol. The van der Waals surface area contributed by atoms with Crippen LogP contribution in [-0.2, 0) is 13.0 Å². The van der Waals surface area contributed by atoms with E-state index in [9.17, 15) is 0 Å². The van der Waals surface area contributed by atoms with E-state index in [1.807, 2.05) is 0 Å². The molecule has 0 fully saturated rings. The molecule has 0 bridgehead atoms. The lowest BCUT2D eigenvalue weighted by Crippen LogP contribution is -2.30. The third kappa shape index (κ3) is 3.21. The summed E-state index contributed by atoms with van der Waals surface area (Å²) >= 11 is 0. The summed E-state index contributed by atoms with van der Waals surface area (Å²) in [6.07, 6.45) is 3.35. The maximum atomic E-state index is 8.44. The fourth-order valence-electron chi connectivity index (χ4n) is 1.73. The quantitative estimate of drug-likeness (QED) is 0.780. The Labute approximate surface area is 99.6 Å². The van der Waals surface area contributed by atoms with Crippen molar-refractivity contribution in [2.45, 2.75) is 26.8 Å². The van der Waals surface area contributed by atoms with E-state index in [-0.39, 0.29) is 0 Å². The van der Waals surface area contributed by atoms with Crippen LogP contribution in [0.3, 0.4) is 0 Å². The molecule has 2 heterocycles. The number of pyridine rings is 1. The number of hydrogen-bond donors (Lipinski definition) is 1. The van der Waals surface area contributed by atoms with Crippen LogP contribution in [0.1, 0.15) is 19.5 Å². The summed E-state index contributed by atoms with van der Waals surface area (Å²) in [6, 6.07) is 6.32. The minimum Gasteiger partial charge on any atom is -0.565 e. The van der Waals surface area contributed by atoms with E-state index in [4.69, 9.17) is 15.0 Å². The number of carbonyl (C=O) groups is 1. The van der Waals surface area contributed by atoms with Crippen molar-refractivity contribution >= 4 is 11.8 Å². The molecular formula is C12H16N2O3. The average molecular weight is 236 g/mol. The van der Waals surface area contributed by atoms with Gasteiger partial charge in [0.25, 0.3) is 5.65 Å². The molecule has 0 radical (unpaired) electrons. The molecule has 0 saturated carbocycles. The number of nitrogens with zero attached hydrogens (tertiary/aromatic N) is 2. The predicted octanol–water partition coefficient (Wildman–Crippen LogP) is 0.697. The molecule has 1 N–H and O–H groups in total. The van der Waals surface area contributed by atoms with E-state index >= 15 is 0 Å². The van der Waals surface area contributed by atoms with Gasteiger partial charge in [0.15, 0.2) is 0 Å². The summed E-state index contributed by atoms with van der Waals surface area (Å²) < 4.78 is 4.53. The lowest BCUT2D eigenvalue weighted by atomic mass is 10.3. The van der Waals surface area contributed by atoms with Gasteiger partial charge in [-0.15, -0.1) is 0 Å². The van der Waals surface area contributed by atoms with E-state index in [2.05, 4.69) is 53.4 Å². The normalized spacial score (nSPS) is 9.76. The van der Waals surface area contributed by atoms with Gasteiger partial charge in [-0.1, -0.05) is 13.0 Å². The van der Waals surface area contributed by atoms with Crippen LogP contribution in [0.15, 0.2) is 30.6 Å². The van der Waals surface area contributed by atoms with E-state index < -0.39 is 6.16 Å². The molecule has 17 heavy (non-hydrogen) atoms. The molecule has 5 heteroatoms. The van der Waals surface area contributed by atoms with Gasteiger partial charge in [-0.05, 0) is 13.0 Å². The Morgan fingerprint density at radius 1 is 1.47 bits per heavy atom. The first-order valence-corrected chi connectivity index (χ1v) is 5.48. The number of aryl methyl sites for hydroxylation is 2. The zero-order chi connectivity index (χ0) is 12.8. The summed E-state index contributed by atoms with van der Waals surface area (Å²) in [5.41, 5.74) is 2.65. The fourth-order valence-corrected chi connectivity index (χ4v) is 1.73. The maximum absolute atomic E-state index is 8.44. The van der Waals surface area contributed by atoms with Gasteiger partial charge in [0.05, 0.1) is 12.7 Å². The van der Waals surface area contributed by atoms with Gasteiger partial charge in [0.2, 0.25) is 6.16 Å². The van der Waals surface area contributed by atoms with Gasteiger partial charge >= 0.3 is 0 Å². The molecule has 5 nitrogen and oxygen atoms in total. The highest BCUT2D eigenvalue weighted by atomic mass is 16.6. The number of fused-ring (bicyclic) bond motifs is 1. The minimum atomic E-state index is -2.08. The van der Waals surface area contributed by atoms with Crippen molar-refractivity contribution in [3.8, 4) is 0 Å². The lowest BCUT2D eigenvalue weighted by Gasteiger charge is -1.89. The van der Waals surface area contributed by atoms with Gasteiger partial charge in [-0.3, -0.25) is 0 Å². The van der Waals surface area contributed by atoms with Gasteiger partial charge in [0, 0.05) is 12.5 Å². The van der Waals surface area contributed by atoms with Crippen LogP contribution in [0.4, 0.5) is 4.79 Å². The SMILES string of the molecule is CCc1c[n+](CC)c2ccccn12.O=C([O-])O. The molecule has 0 aliphatic heterocycles. The van der Waals surface area contributed by atoms with Crippen molar-refractivity contribution in [2.75, 3.05) is 0 Å². The van der Waals surface area contributed by atoms with E-state index in [0.29, 0.717) is 0 Å². The van der Waals surface area contributed by atoms with Crippen LogP contribution in [-0.4, -0.2) is 15.7 Å². The van der Waals surface area contributed by atoms with Crippen LogP contribution >= 0.6 is 0 Å². The third-order valence-corrected chi connectivity index (χ3v) is 2.45. The molecule has 2 aromatic rings. The van der Waals surface area contributed by atoms with Crippen LogP contribution < -0.4 is 9.67 Å². The van der Waals surface area contributed by atoms with Crippen molar-refractivity contribution in [3.05, 3.63) is 36.3 Å². The Hall–Kier alpha value is -2.04. The van der Waals surface area contributed by atoms with Crippen molar-refractivity contribution < 1.29 is 19.6 Å². The van der Waals surface area contributed by atoms with Gasteiger partial charge in [-0.25, -0.2) is 8.97 Å². The standard InChI is InChI=1S/C11H15N2.CH2O3/c1-3-10-9-12(4-2)11-7-5-6-8-13(10)11;2-1(3)4/h5-9H,3-4H2,1-2H3;(H2,2,3,4)/q+1;/p-1. The molecule has 92 valence electrons. The summed E-state index contributed by atoms with van der Waals surface area (Å²) in [5.74, 6) is 0. The van der Waals surface area contributed by atoms with E-state index in [0.717, 1.165) is 13.0 Å². The molecule has 0 spiro atoms. The summed E-state index contributed by atoms with van der Waals surface area (Å²) in [7, 11) is 0. The van der Waals surface area contributed by atoms with Crippen LogP contribution in [0.5, 0.6) is 0 Å². The first-order valence-electron chi connectivity index (χ1n) is 5.48. The summed E-state index contributed by atoms with van der Waals surface area (Å²) in [5, 5.41) is 15.3. The van der Waals surface area contributed by atoms with Gasteiger partial charge < -0.3 is 15.0 Å². The lowest BCUT2D eigenvalue weighted by molar-refractivity contribution is -0.667. The third-order valence-electron chi connectivity index (χ3n) is 2.45. The van der Waals surface area contributed by atoms with Gasteiger partial charge in [-0.2, -0.15) is 0 Å². The topological polar surface area (TPSA) is 68.7 Å². The first kappa shape index (κ1) is 13.0. The second-order valence-corrected chi connectivity index (χ2v) is 3.45. The molecule has 0 aliphatic carbocycles. The molecule has 0 aromatic carbocycles. The van der Waals surface area contributed by atoms with E-state index in [1.165, 1.54) is 11.3 Å². The molecular weight excluding hydrogens is 220 g/mol. The second-order valence-electron chi connectivity index (χ2n) is 3.45. The van der Waals surface area contributed by atoms with Crippen LogP contribution in [0.25, 0.3) is 5.65 Å². The summed E-state index contributed by atoms with van der Waals surface area (Å²) in [6.45, 7) is 5.40. The Morgan fingerprint density at radius 2 is 2.12 bits per heavy atom. The highest BCUT2D eigenvalue weighted by Crippen LogP contribution is 2.04. The second kappa shape index (κ2) is 5.89. The molecule has 0 amide bonds. The highest BCUT2D eigenvalue weighted by molar-refractivity contribution is 5.50. The Morgan fingerprint density at radius 3 is 2.65 bits per heavy atom. The Kier molecular flexibility index (Phi) is 4.51. The van der Waals surface area contributed by atoms with Crippen molar-refractivity contribution in [1.82, 2.24) is 4.40 Å². The number of imidazole rings is 1. The molecule has 0 atom stereocenters. The highest BCUT2D eigenvalue weighted by Gasteiger charge is 2.12. The van der Waals surface area contributed by atoms with Crippen molar-refractivity contribution in [1.29, 1.82) is 0 Å². The Balaban J connectivity index is 0.000000317. The fraction of sp³-hybridized carbons (Fsp3) is 0.333. The average Bonchev–Trinajstić information content (AvgIpc) is 2.66. The molecule has 2 rings (SSSR count). The molecule has 0 unspecified atom stereocenters. The zero-order valence-corrected chi connectivity index (χ0v) is 9.96. The van der Waals surface area contributed by atoms with Crippen molar-refractivity contribution in [3.63, 3.8) is 0 Å². The molecule has 0 aliphatic rings.